The number of rotatable bonds is 2. The fraction of sp³-hybridized carbons (Fsp3) is 0.667. The molecular weight excluding hydrogens is 160 g/mol. The average Bonchev–Trinajstić information content (AvgIpc) is 1.62. The lowest BCUT2D eigenvalue weighted by Gasteiger charge is -2.05. The van der Waals surface area contributed by atoms with Gasteiger partial charge >= 0.3 is 0 Å². The largest absolute Gasteiger partial charge is 0.387 e. The van der Waals surface area contributed by atoms with Crippen LogP contribution in [0.15, 0.2) is 0 Å². The minimum absolute atomic E-state index is 0.350. The second-order valence-corrected chi connectivity index (χ2v) is 4.78. The van der Waals surface area contributed by atoms with Crippen LogP contribution in [0.4, 0.5) is 0 Å². The third-order valence-electron chi connectivity index (χ3n) is 0.885. The summed E-state index contributed by atoms with van der Waals surface area (Å²) in [7, 11) is -3.32. The minimum atomic E-state index is -3.32. The van der Waals surface area contributed by atoms with Gasteiger partial charge in [0.05, 0.1) is 0 Å². The molecule has 0 radical (unpaired) electrons. The molecule has 0 aliphatic heterocycles. The molecule has 0 saturated carbocycles. The first-order valence-electron chi connectivity index (χ1n) is 2.16. The summed E-state index contributed by atoms with van der Waals surface area (Å²) < 4.78 is 19.1. The van der Waals surface area contributed by atoms with E-state index in [1.165, 1.54) is 6.92 Å². The summed E-state index contributed by atoms with van der Waals surface area (Å²) in [6.45, 7) is 1.34. The lowest BCUT2D eigenvalue weighted by Crippen LogP contribution is -2.31. The summed E-state index contributed by atoms with van der Waals surface area (Å²) in [6, 6.07) is 0. The zero-order valence-electron chi connectivity index (χ0n) is 4.83. The van der Waals surface area contributed by atoms with E-state index in [0.29, 0.717) is 0 Å². The van der Waals surface area contributed by atoms with Crippen LogP contribution in [0.2, 0.25) is 0 Å². The van der Waals surface area contributed by atoms with Gasteiger partial charge < -0.3 is 10.3 Å². The van der Waals surface area contributed by atoms with Crippen LogP contribution in [-0.2, 0) is 20.0 Å². The van der Waals surface area contributed by atoms with Gasteiger partial charge in [-0.3, -0.25) is 5.41 Å². The van der Waals surface area contributed by atoms with E-state index in [-0.39, 0.29) is 5.84 Å². The van der Waals surface area contributed by atoms with Crippen molar-refractivity contribution in [1.29, 1.82) is 5.41 Å². The van der Waals surface area contributed by atoms with E-state index in [4.69, 9.17) is 15.7 Å². The molecule has 0 amide bonds. The lowest BCUT2D eigenvalue weighted by molar-refractivity contribution is 0.558. The van der Waals surface area contributed by atoms with Crippen molar-refractivity contribution in [2.45, 2.75) is 12.2 Å². The summed E-state index contributed by atoms with van der Waals surface area (Å²) in [4.78, 5) is 0. The van der Waals surface area contributed by atoms with E-state index < -0.39 is 14.0 Å². The van der Waals surface area contributed by atoms with Gasteiger partial charge in [-0.25, -0.2) is 4.21 Å². The van der Waals surface area contributed by atoms with Crippen molar-refractivity contribution in [3.05, 3.63) is 0 Å². The topological polar surface area (TPSA) is 87.2 Å². The smallest absolute Gasteiger partial charge is 0.151 e. The Labute approximate surface area is 58.4 Å². The maximum absolute atomic E-state index is 10.5. The van der Waals surface area contributed by atoms with Crippen LogP contribution in [0, 0.1) is 5.41 Å². The zero-order valence-corrected chi connectivity index (χ0v) is 6.46. The van der Waals surface area contributed by atoms with Gasteiger partial charge in [0.15, 0.2) is 8.77 Å². The highest BCUT2D eigenvalue weighted by Gasteiger charge is 2.15. The lowest BCUT2D eigenvalue weighted by atomic mass is 10.4. The van der Waals surface area contributed by atoms with Crippen LogP contribution in [0.3, 0.4) is 0 Å². The molecule has 0 aromatic carbocycles. The van der Waals surface area contributed by atoms with Crippen molar-refractivity contribution in [3.63, 3.8) is 0 Å². The molecular formula is C3H8N2O2S2. The summed E-state index contributed by atoms with van der Waals surface area (Å²) in [5.74, 6) is -0.350. The van der Waals surface area contributed by atoms with Crippen LogP contribution in [0.5, 0.6) is 0 Å². The fourth-order valence-electron chi connectivity index (χ4n) is 0.160. The molecule has 0 bridgehead atoms. The number of nitrogens with two attached hydrogens (primary N) is 1. The van der Waals surface area contributed by atoms with Gasteiger partial charge in [0.25, 0.3) is 0 Å². The molecule has 9 heavy (non-hydrogen) atoms. The highest BCUT2D eigenvalue weighted by atomic mass is 32.8. The minimum Gasteiger partial charge on any atom is -0.387 e. The molecule has 0 aliphatic rings. The molecule has 0 aromatic rings. The summed E-state index contributed by atoms with van der Waals surface area (Å²) in [6.07, 6.45) is 0. The van der Waals surface area contributed by atoms with E-state index in [1.807, 2.05) is 0 Å². The van der Waals surface area contributed by atoms with Gasteiger partial charge in [-0.1, -0.05) is 0 Å². The van der Waals surface area contributed by atoms with Crippen molar-refractivity contribution in [1.82, 2.24) is 0 Å². The predicted molar refractivity (Wildman–Crippen MR) is 39.5 cm³/mol. The number of amidine groups is 1. The van der Waals surface area contributed by atoms with Gasteiger partial charge in [-0.05, 0) is 6.92 Å². The molecule has 2 unspecified atom stereocenters. The predicted octanol–water partition coefficient (Wildman–Crippen LogP) is -0.470. The molecule has 0 rings (SSSR count). The van der Waals surface area contributed by atoms with E-state index in [9.17, 15) is 4.21 Å². The molecule has 0 heterocycles. The standard InChI is InChI=1S/C3H8N2O2S2/c1-2(3(4)5)9(6,7)8/h2H,1H3,(H3,4,5)(H,6,7,8). The van der Waals surface area contributed by atoms with Crippen LogP contribution in [0.1, 0.15) is 6.92 Å². The molecule has 4 nitrogen and oxygen atoms in total. The van der Waals surface area contributed by atoms with Crippen molar-refractivity contribution in [2.75, 3.05) is 0 Å². The maximum atomic E-state index is 10.5. The maximum Gasteiger partial charge on any atom is 0.151 e. The molecule has 2 atom stereocenters. The molecule has 54 valence electrons. The Hall–Kier alpha value is -0.200. The second-order valence-electron chi connectivity index (χ2n) is 1.61. The molecule has 6 heteroatoms. The SMILES string of the molecule is CC(C(=N)N)S(=O)(O)=S. The molecule has 0 aromatic heterocycles. The summed E-state index contributed by atoms with van der Waals surface area (Å²) in [5.41, 5.74) is 4.90. The molecule has 0 aliphatic carbocycles. The molecule has 0 spiro atoms. The Morgan fingerprint density at radius 1 is 2.00 bits per heavy atom. The number of nitrogens with one attached hydrogen (secondary N) is 1. The highest BCUT2D eigenvalue weighted by Crippen LogP contribution is 1.95. The van der Waals surface area contributed by atoms with Gasteiger partial charge in [-0.15, -0.1) is 0 Å². The third-order valence-corrected chi connectivity index (χ3v) is 2.90. The van der Waals surface area contributed by atoms with E-state index in [2.05, 4.69) is 11.2 Å². The van der Waals surface area contributed by atoms with E-state index >= 15 is 0 Å². The highest BCUT2D eigenvalue weighted by molar-refractivity contribution is 8.30. The monoisotopic (exact) mass is 168 g/mol. The summed E-state index contributed by atoms with van der Waals surface area (Å²) >= 11 is 4.15. The molecule has 4 N–H and O–H groups in total. The molecule has 0 saturated heterocycles. The fourth-order valence-corrected chi connectivity index (χ4v) is 0.792. The summed E-state index contributed by atoms with van der Waals surface area (Å²) in [5, 5.41) is 5.80. The Bertz CT molecular complexity index is 208. The Kier molecular flexibility index (Phi) is 2.53. The van der Waals surface area contributed by atoms with Crippen LogP contribution < -0.4 is 5.73 Å². The van der Waals surface area contributed by atoms with Crippen LogP contribution in [-0.4, -0.2) is 19.8 Å². The van der Waals surface area contributed by atoms with Crippen LogP contribution in [0.25, 0.3) is 0 Å². The number of hydrogen-bond acceptors (Lipinski definition) is 3. The van der Waals surface area contributed by atoms with Crippen molar-refractivity contribution < 1.29 is 8.76 Å². The first-order chi connectivity index (χ1) is 3.85. The zero-order chi connectivity index (χ0) is 7.65. The van der Waals surface area contributed by atoms with Crippen molar-refractivity contribution in [3.8, 4) is 0 Å². The average molecular weight is 168 g/mol. The Balaban J connectivity index is 4.43. The van der Waals surface area contributed by atoms with Gasteiger partial charge in [0.1, 0.15) is 11.1 Å². The van der Waals surface area contributed by atoms with Gasteiger partial charge in [0, 0.05) is 11.2 Å². The quantitative estimate of drug-likeness (QED) is 0.384. The molecule has 0 fully saturated rings. The van der Waals surface area contributed by atoms with E-state index in [1.54, 1.807) is 0 Å². The number of hydrogen-bond donors (Lipinski definition) is 3. The third kappa shape index (κ3) is 2.73. The van der Waals surface area contributed by atoms with E-state index in [0.717, 1.165) is 0 Å². The Morgan fingerprint density at radius 2 is 2.33 bits per heavy atom. The van der Waals surface area contributed by atoms with Gasteiger partial charge in [0.2, 0.25) is 0 Å². The first-order valence-corrected chi connectivity index (χ1v) is 4.66. The van der Waals surface area contributed by atoms with Gasteiger partial charge in [-0.2, -0.15) is 0 Å². The first kappa shape index (κ1) is 8.80. The second kappa shape index (κ2) is 2.59. The van der Waals surface area contributed by atoms with Crippen LogP contribution >= 0.6 is 0 Å². The van der Waals surface area contributed by atoms with Crippen molar-refractivity contribution in [2.24, 2.45) is 5.73 Å². The normalized spacial score (nSPS) is 20.2. The Morgan fingerprint density at radius 3 is 2.33 bits per heavy atom. The van der Waals surface area contributed by atoms with Crippen molar-refractivity contribution >= 4 is 25.8 Å².